The number of likely N-dealkylation sites (N-methyl/N-ethyl adjacent to an activating group) is 1. The van der Waals surface area contributed by atoms with Gasteiger partial charge in [-0.1, -0.05) is 61.5 Å². The maximum Gasteiger partial charge on any atom is 0.242 e. The summed E-state index contributed by atoms with van der Waals surface area (Å²) in [6.45, 7) is 4.36. The molecule has 0 unspecified atom stereocenters. The quantitative estimate of drug-likeness (QED) is 0.843. The summed E-state index contributed by atoms with van der Waals surface area (Å²) in [6, 6.07) is 17.2. The van der Waals surface area contributed by atoms with Gasteiger partial charge in [0.2, 0.25) is 11.8 Å². The fraction of sp³-hybridized carbons (Fsp3) is 0.333. The number of hydrogen-bond donors (Lipinski definition) is 1. The number of benzene rings is 2. The van der Waals surface area contributed by atoms with Crippen molar-refractivity contribution in [2.75, 3.05) is 7.05 Å². The van der Waals surface area contributed by atoms with Gasteiger partial charge in [0, 0.05) is 13.6 Å². The molecule has 2 rings (SSSR count). The SMILES string of the molecule is CC[C@H](C(=O)NC)N(Cc1ccccc1)C(=O)Cc1ccccc1C. The third-order valence-corrected chi connectivity index (χ3v) is 4.43. The number of rotatable bonds is 7. The summed E-state index contributed by atoms with van der Waals surface area (Å²) in [6.07, 6.45) is 0.874. The summed E-state index contributed by atoms with van der Waals surface area (Å²) in [7, 11) is 1.61. The van der Waals surface area contributed by atoms with Gasteiger partial charge in [0.05, 0.1) is 6.42 Å². The number of amides is 2. The van der Waals surface area contributed by atoms with E-state index in [1.165, 1.54) is 0 Å². The number of hydrogen-bond acceptors (Lipinski definition) is 2. The van der Waals surface area contributed by atoms with E-state index in [1.54, 1.807) is 11.9 Å². The number of carbonyl (C=O) groups is 2. The maximum absolute atomic E-state index is 13.0. The predicted molar refractivity (Wildman–Crippen MR) is 100 cm³/mol. The maximum atomic E-state index is 13.0. The van der Waals surface area contributed by atoms with E-state index in [9.17, 15) is 9.59 Å². The average Bonchev–Trinajstić information content (AvgIpc) is 2.64. The highest BCUT2D eigenvalue weighted by Crippen LogP contribution is 2.16. The molecule has 0 aromatic heterocycles. The number of nitrogens with one attached hydrogen (secondary N) is 1. The Bertz CT molecular complexity index is 713. The van der Waals surface area contributed by atoms with Crippen molar-refractivity contribution in [2.24, 2.45) is 0 Å². The molecule has 2 amide bonds. The second-order valence-corrected chi connectivity index (χ2v) is 6.15. The Morgan fingerprint density at radius 1 is 1.04 bits per heavy atom. The number of nitrogens with zero attached hydrogens (tertiary/aromatic N) is 1. The van der Waals surface area contributed by atoms with Crippen LogP contribution in [0.3, 0.4) is 0 Å². The van der Waals surface area contributed by atoms with Crippen LogP contribution in [0.4, 0.5) is 0 Å². The van der Waals surface area contributed by atoms with Crippen LogP contribution >= 0.6 is 0 Å². The van der Waals surface area contributed by atoms with Crippen LogP contribution in [0.5, 0.6) is 0 Å². The van der Waals surface area contributed by atoms with Crippen molar-refractivity contribution in [3.05, 3.63) is 71.3 Å². The van der Waals surface area contributed by atoms with Crippen molar-refractivity contribution in [3.63, 3.8) is 0 Å². The summed E-state index contributed by atoms with van der Waals surface area (Å²) in [5.41, 5.74) is 3.10. The van der Waals surface area contributed by atoms with E-state index in [0.29, 0.717) is 19.4 Å². The van der Waals surface area contributed by atoms with Gasteiger partial charge in [0.25, 0.3) is 0 Å². The van der Waals surface area contributed by atoms with E-state index in [1.807, 2.05) is 68.4 Å². The van der Waals surface area contributed by atoms with Gasteiger partial charge in [0.1, 0.15) is 6.04 Å². The van der Waals surface area contributed by atoms with Crippen molar-refractivity contribution < 1.29 is 9.59 Å². The van der Waals surface area contributed by atoms with Crippen LogP contribution in [0.1, 0.15) is 30.0 Å². The van der Waals surface area contributed by atoms with Gasteiger partial charge in [-0.25, -0.2) is 0 Å². The molecule has 0 saturated carbocycles. The molecular weight excluding hydrogens is 312 g/mol. The molecule has 4 heteroatoms. The average molecular weight is 338 g/mol. The van der Waals surface area contributed by atoms with Crippen LogP contribution in [0.2, 0.25) is 0 Å². The van der Waals surface area contributed by atoms with Gasteiger partial charge in [-0.3, -0.25) is 9.59 Å². The monoisotopic (exact) mass is 338 g/mol. The minimum Gasteiger partial charge on any atom is -0.357 e. The first-order valence-electron chi connectivity index (χ1n) is 8.66. The Labute approximate surface area is 149 Å². The number of carbonyl (C=O) groups excluding carboxylic acids is 2. The zero-order valence-corrected chi connectivity index (χ0v) is 15.2. The summed E-state index contributed by atoms with van der Waals surface area (Å²) >= 11 is 0. The lowest BCUT2D eigenvalue weighted by molar-refractivity contribution is -0.140. The van der Waals surface area contributed by atoms with E-state index in [0.717, 1.165) is 16.7 Å². The first kappa shape index (κ1) is 18.7. The molecular formula is C21H26N2O2. The largest absolute Gasteiger partial charge is 0.357 e. The standard InChI is InChI=1S/C21H26N2O2/c1-4-19(21(25)22-3)23(15-17-11-6-5-7-12-17)20(24)14-18-13-9-8-10-16(18)2/h5-13,19H,4,14-15H2,1-3H3,(H,22,25)/t19-/m1/s1. The molecule has 2 aromatic carbocycles. The van der Waals surface area contributed by atoms with Gasteiger partial charge in [-0.05, 0) is 30.0 Å². The Balaban J connectivity index is 2.27. The Kier molecular flexibility index (Phi) is 6.75. The lowest BCUT2D eigenvalue weighted by atomic mass is 10.0. The molecule has 0 saturated heterocycles. The molecule has 0 spiro atoms. The Morgan fingerprint density at radius 2 is 1.68 bits per heavy atom. The van der Waals surface area contributed by atoms with Gasteiger partial charge in [-0.2, -0.15) is 0 Å². The van der Waals surface area contributed by atoms with Crippen LogP contribution < -0.4 is 5.32 Å². The molecule has 0 fully saturated rings. The van der Waals surface area contributed by atoms with Crippen LogP contribution in [-0.4, -0.2) is 29.8 Å². The van der Waals surface area contributed by atoms with Gasteiger partial charge < -0.3 is 10.2 Å². The molecule has 1 N–H and O–H groups in total. The van der Waals surface area contributed by atoms with Gasteiger partial charge in [-0.15, -0.1) is 0 Å². The third-order valence-electron chi connectivity index (χ3n) is 4.43. The second kappa shape index (κ2) is 9.02. The van der Waals surface area contributed by atoms with Crippen molar-refractivity contribution in [1.29, 1.82) is 0 Å². The molecule has 0 aliphatic carbocycles. The third kappa shape index (κ3) is 4.92. The van der Waals surface area contributed by atoms with E-state index in [-0.39, 0.29) is 11.8 Å². The van der Waals surface area contributed by atoms with E-state index in [4.69, 9.17) is 0 Å². The molecule has 0 bridgehead atoms. The highest BCUT2D eigenvalue weighted by Gasteiger charge is 2.28. The van der Waals surface area contributed by atoms with Crippen LogP contribution in [0.25, 0.3) is 0 Å². The highest BCUT2D eigenvalue weighted by molar-refractivity contribution is 5.88. The topological polar surface area (TPSA) is 49.4 Å². The minimum absolute atomic E-state index is 0.0337. The normalized spacial score (nSPS) is 11.6. The second-order valence-electron chi connectivity index (χ2n) is 6.15. The minimum atomic E-state index is -0.471. The first-order chi connectivity index (χ1) is 12.1. The number of aryl methyl sites for hydroxylation is 1. The van der Waals surface area contributed by atoms with Crippen molar-refractivity contribution in [1.82, 2.24) is 10.2 Å². The summed E-state index contributed by atoms with van der Waals surface area (Å²) < 4.78 is 0. The molecule has 4 nitrogen and oxygen atoms in total. The molecule has 132 valence electrons. The lowest BCUT2D eigenvalue weighted by Crippen LogP contribution is -2.48. The van der Waals surface area contributed by atoms with Gasteiger partial charge >= 0.3 is 0 Å². The summed E-state index contributed by atoms with van der Waals surface area (Å²) in [5, 5.41) is 2.68. The van der Waals surface area contributed by atoms with E-state index >= 15 is 0 Å². The van der Waals surface area contributed by atoms with E-state index in [2.05, 4.69) is 5.32 Å². The van der Waals surface area contributed by atoms with Crippen molar-refractivity contribution in [3.8, 4) is 0 Å². The van der Waals surface area contributed by atoms with Crippen molar-refractivity contribution >= 4 is 11.8 Å². The van der Waals surface area contributed by atoms with Crippen LogP contribution in [-0.2, 0) is 22.6 Å². The van der Waals surface area contributed by atoms with Gasteiger partial charge in [0.15, 0.2) is 0 Å². The predicted octanol–water partition coefficient (Wildman–Crippen LogP) is 3.09. The smallest absolute Gasteiger partial charge is 0.242 e. The molecule has 0 heterocycles. The Hall–Kier alpha value is -2.62. The lowest BCUT2D eigenvalue weighted by Gasteiger charge is -2.30. The molecule has 2 aromatic rings. The Morgan fingerprint density at radius 3 is 2.28 bits per heavy atom. The summed E-state index contributed by atoms with van der Waals surface area (Å²) in [4.78, 5) is 27.0. The molecule has 0 radical (unpaired) electrons. The van der Waals surface area contributed by atoms with Crippen molar-refractivity contribution in [2.45, 2.75) is 39.3 Å². The summed E-state index contributed by atoms with van der Waals surface area (Å²) in [5.74, 6) is -0.162. The van der Waals surface area contributed by atoms with Crippen LogP contribution in [0.15, 0.2) is 54.6 Å². The fourth-order valence-electron chi connectivity index (χ4n) is 2.94. The zero-order chi connectivity index (χ0) is 18.2. The molecule has 25 heavy (non-hydrogen) atoms. The first-order valence-corrected chi connectivity index (χ1v) is 8.66. The highest BCUT2D eigenvalue weighted by atomic mass is 16.2. The fourth-order valence-corrected chi connectivity index (χ4v) is 2.94. The molecule has 1 atom stereocenters. The molecule has 0 aliphatic rings. The zero-order valence-electron chi connectivity index (χ0n) is 15.2. The van der Waals surface area contributed by atoms with Crippen LogP contribution in [0, 0.1) is 6.92 Å². The van der Waals surface area contributed by atoms with E-state index < -0.39 is 6.04 Å². The molecule has 0 aliphatic heterocycles.